The van der Waals surface area contributed by atoms with Crippen molar-refractivity contribution in [2.45, 2.75) is 32.1 Å². The van der Waals surface area contributed by atoms with Crippen LogP contribution in [-0.2, 0) is 9.59 Å². The molecule has 1 fully saturated rings. The van der Waals surface area contributed by atoms with Crippen molar-refractivity contribution in [2.75, 3.05) is 5.32 Å². The van der Waals surface area contributed by atoms with Gasteiger partial charge in [0.1, 0.15) is 5.82 Å². The molecule has 1 aliphatic rings. The summed E-state index contributed by atoms with van der Waals surface area (Å²) in [6, 6.07) is 3.36. The molecule has 1 aromatic heterocycles. The zero-order chi connectivity index (χ0) is 14.4. The molecule has 5 heteroatoms. The van der Waals surface area contributed by atoms with Gasteiger partial charge in [-0.05, 0) is 36.6 Å². The second-order valence-corrected chi connectivity index (χ2v) is 4.97. The van der Waals surface area contributed by atoms with E-state index in [0.717, 1.165) is 31.8 Å². The summed E-state index contributed by atoms with van der Waals surface area (Å²) in [5, 5.41) is 11.4. The summed E-state index contributed by atoms with van der Waals surface area (Å²) < 4.78 is 0. The highest BCUT2D eigenvalue weighted by molar-refractivity contribution is 5.92. The smallest absolute Gasteiger partial charge is 0.328 e. The van der Waals surface area contributed by atoms with Crippen molar-refractivity contribution in [3.05, 3.63) is 30.0 Å². The van der Waals surface area contributed by atoms with Crippen LogP contribution in [-0.4, -0.2) is 22.0 Å². The summed E-state index contributed by atoms with van der Waals surface area (Å²) in [7, 11) is 0. The van der Waals surface area contributed by atoms with E-state index in [2.05, 4.69) is 10.3 Å². The van der Waals surface area contributed by atoms with Gasteiger partial charge < -0.3 is 10.4 Å². The average molecular weight is 274 g/mol. The maximum atomic E-state index is 12.1. The first-order valence-corrected chi connectivity index (χ1v) is 6.83. The minimum atomic E-state index is -1.00. The molecule has 1 heterocycles. The van der Waals surface area contributed by atoms with Crippen molar-refractivity contribution >= 4 is 23.8 Å². The lowest BCUT2D eigenvalue weighted by atomic mass is 9.89. The number of carbonyl (C=O) groups is 2. The number of anilines is 1. The molecular formula is C15H18N2O3. The van der Waals surface area contributed by atoms with Crippen molar-refractivity contribution in [3.8, 4) is 0 Å². The fourth-order valence-corrected chi connectivity index (χ4v) is 2.38. The quantitative estimate of drug-likeness (QED) is 0.827. The van der Waals surface area contributed by atoms with Gasteiger partial charge in [0.2, 0.25) is 5.91 Å². The third-order valence-electron chi connectivity index (χ3n) is 3.43. The van der Waals surface area contributed by atoms with Gasteiger partial charge in [-0.3, -0.25) is 4.79 Å². The molecular weight excluding hydrogens is 256 g/mol. The number of nitrogens with one attached hydrogen (secondary N) is 1. The summed E-state index contributed by atoms with van der Waals surface area (Å²) in [4.78, 5) is 26.6. The number of carbonyl (C=O) groups excluding carboxylic acids is 1. The lowest BCUT2D eigenvalue weighted by Crippen LogP contribution is -2.25. The van der Waals surface area contributed by atoms with Crippen LogP contribution in [0.5, 0.6) is 0 Å². The predicted molar refractivity (Wildman–Crippen MR) is 76.1 cm³/mol. The number of hydrogen-bond acceptors (Lipinski definition) is 3. The first kappa shape index (κ1) is 14.2. The number of amides is 1. The largest absolute Gasteiger partial charge is 0.478 e. The van der Waals surface area contributed by atoms with Crippen molar-refractivity contribution in [1.29, 1.82) is 0 Å². The van der Waals surface area contributed by atoms with E-state index >= 15 is 0 Å². The summed E-state index contributed by atoms with van der Waals surface area (Å²) >= 11 is 0. The SMILES string of the molecule is O=C(O)C=Cc1ccnc(NC(=O)C2CCCCC2)c1. The number of aromatic nitrogens is 1. The van der Waals surface area contributed by atoms with Gasteiger partial charge in [0, 0.05) is 18.2 Å². The van der Waals surface area contributed by atoms with Crippen LogP contribution in [0.4, 0.5) is 5.82 Å². The predicted octanol–water partition coefficient (Wildman–Crippen LogP) is 2.70. The van der Waals surface area contributed by atoms with Crippen molar-refractivity contribution in [3.63, 3.8) is 0 Å². The van der Waals surface area contributed by atoms with Gasteiger partial charge in [-0.1, -0.05) is 19.3 Å². The van der Waals surface area contributed by atoms with Crippen LogP contribution in [0, 0.1) is 5.92 Å². The first-order valence-electron chi connectivity index (χ1n) is 6.83. The average Bonchev–Trinajstić information content (AvgIpc) is 2.46. The minimum absolute atomic E-state index is 0.0107. The lowest BCUT2D eigenvalue weighted by Gasteiger charge is -2.20. The fourth-order valence-electron chi connectivity index (χ4n) is 2.38. The van der Waals surface area contributed by atoms with E-state index in [0.29, 0.717) is 11.4 Å². The van der Waals surface area contributed by atoms with Crippen molar-refractivity contribution in [2.24, 2.45) is 5.92 Å². The van der Waals surface area contributed by atoms with Gasteiger partial charge in [0.25, 0.3) is 0 Å². The molecule has 0 bridgehead atoms. The summed E-state index contributed by atoms with van der Waals surface area (Å²) in [5.41, 5.74) is 0.696. The molecule has 5 nitrogen and oxygen atoms in total. The number of carboxylic acids is 1. The van der Waals surface area contributed by atoms with Crippen LogP contribution in [0.15, 0.2) is 24.4 Å². The van der Waals surface area contributed by atoms with E-state index < -0.39 is 5.97 Å². The Balaban J connectivity index is 2.00. The van der Waals surface area contributed by atoms with Crippen LogP contribution < -0.4 is 5.32 Å². The van der Waals surface area contributed by atoms with Gasteiger partial charge in [0.15, 0.2) is 0 Å². The summed E-state index contributed by atoms with van der Waals surface area (Å²) in [6.45, 7) is 0. The zero-order valence-corrected chi connectivity index (χ0v) is 11.2. The van der Waals surface area contributed by atoms with Crippen LogP contribution >= 0.6 is 0 Å². The normalized spacial score (nSPS) is 16.2. The number of hydrogen-bond donors (Lipinski definition) is 2. The number of nitrogens with zero attached hydrogens (tertiary/aromatic N) is 1. The molecule has 0 aromatic carbocycles. The van der Waals surface area contributed by atoms with Crippen LogP contribution in [0.25, 0.3) is 6.08 Å². The number of rotatable bonds is 4. The number of pyridine rings is 1. The highest BCUT2D eigenvalue weighted by Gasteiger charge is 2.21. The maximum absolute atomic E-state index is 12.1. The topological polar surface area (TPSA) is 79.3 Å². The third kappa shape index (κ3) is 4.19. The van der Waals surface area contributed by atoms with Crippen LogP contribution in [0.2, 0.25) is 0 Å². The Bertz CT molecular complexity index is 520. The van der Waals surface area contributed by atoms with Gasteiger partial charge in [-0.2, -0.15) is 0 Å². The van der Waals surface area contributed by atoms with E-state index in [9.17, 15) is 9.59 Å². The molecule has 1 saturated carbocycles. The number of aliphatic carboxylic acids is 1. The molecule has 1 aromatic rings. The molecule has 0 atom stereocenters. The molecule has 0 radical (unpaired) electrons. The van der Waals surface area contributed by atoms with Crippen molar-refractivity contribution in [1.82, 2.24) is 4.98 Å². The van der Waals surface area contributed by atoms with E-state index in [1.807, 2.05) is 0 Å². The molecule has 106 valence electrons. The Morgan fingerprint density at radius 2 is 2.05 bits per heavy atom. The number of carboxylic acid groups (broad SMARTS) is 1. The Morgan fingerprint density at radius 3 is 2.75 bits per heavy atom. The Kier molecular flexibility index (Phi) is 4.87. The van der Waals surface area contributed by atoms with E-state index in [-0.39, 0.29) is 11.8 Å². The lowest BCUT2D eigenvalue weighted by molar-refractivity contribution is -0.131. The van der Waals surface area contributed by atoms with Gasteiger partial charge >= 0.3 is 5.97 Å². The second kappa shape index (κ2) is 6.84. The molecule has 20 heavy (non-hydrogen) atoms. The molecule has 1 amide bonds. The summed E-state index contributed by atoms with van der Waals surface area (Å²) in [5.74, 6) is -0.456. The fraction of sp³-hybridized carbons (Fsp3) is 0.400. The molecule has 0 saturated heterocycles. The Labute approximate surface area is 117 Å². The summed E-state index contributed by atoms with van der Waals surface area (Å²) in [6.07, 6.45) is 9.37. The van der Waals surface area contributed by atoms with Gasteiger partial charge in [-0.15, -0.1) is 0 Å². The third-order valence-corrected chi connectivity index (χ3v) is 3.43. The van der Waals surface area contributed by atoms with Gasteiger partial charge in [0.05, 0.1) is 0 Å². The Morgan fingerprint density at radius 1 is 1.30 bits per heavy atom. The molecule has 1 aliphatic carbocycles. The maximum Gasteiger partial charge on any atom is 0.328 e. The van der Waals surface area contributed by atoms with Crippen LogP contribution in [0.3, 0.4) is 0 Å². The molecule has 2 N–H and O–H groups in total. The van der Waals surface area contributed by atoms with E-state index in [4.69, 9.17) is 5.11 Å². The molecule has 0 aliphatic heterocycles. The van der Waals surface area contributed by atoms with E-state index in [1.165, 1.54) is 12.5 Å². The molecule has 0 spiro atoms. The van der Waals surface area contributed by atoms with Crippen LogP contribution in [0.1, 0.15) is 37.7 Å². The molecule has 0 unspecified atom stereocenters. The highest BCUT2D eigenvalue weighted by Crippen LogP contribution is 2.24. The first-order chi connectivity index (χ1) is 9.65. The molecule has 2 rings (SSSR count). The highest BCUT2D eigenvalue weighted by atomic mass is 16.4. The Hall–Kier alpha value is -2.17. The van der Waals surface area contributed by atoms with E-state index in [1.54, 1.807) is 18.3 Å². The zero-order valence-electron chi connectivity index (χ0n) is 11.2. The standard InChI is InChI=1S/C15H18N2O3/c18-14(19)7-6-11-8-9-16-13(10-11)17-15(20)12-4-2-1-3-5-12/h6-10,12H,1-5H2,(H,18,19)(H,16,17,20). The second-order valence-electron chi connectivity index (χ2n) is 4.97. The van der Waals surface area contributed by atoms with Gasteiger partial charge in [-0.25, -0.2) is 9.78 Å². The monoisotopic (exact) mass is 274 g/mol. The minimum Gasteiger partial charge on any atom is -0.478 e. The van der Waals surface area contributed by atoms with Crippen molar-refractivity contribution < 1.29 is 14.7 Å².